The van der Waals surface area contributed by atoms with E-state index >= 15 is 0 Å². The quantitative estimate of drug-likeness (QED) is 0.791. The van der Waals surface area contributed by atoms with Gasteiger partial charge in [-0.15, -0.1) is 0 Å². The molecule has 0 saturated carbocycles. The summed E-state index contributed by atoms with van der Waals surface area (Å²) in [4.78, 5) is 12.0. The van der Waals surface area contributed by atoms with Gasteiger partial charge in [-0.05, 0) is 26.2 Å². The minimum absolute atomic E-state index is 0.0482. The molecule has 0 radical (unpaired) electrons. The number of rotatable bonds is 4. The second-order valence-electron chi connectivity index (χ2n) is 6.07. The Labute approximate surface area is 125 Å². The lowest BCUT2D eigenvalue weighted by Crippen LogP contribution is -2.34. The van der Waals surface area contributed by atoms with Crippen molar-refractivity contribution in [2.24, 2.45) is 0 Å². The van der Waals surface area contributed by atoms with E-state index in [1.165, 1.54) is 6.20 Å². The highest BCUT2D eigenvalue weighted by molar-refractivity contribution is 7.91. The zero-order valence-corrected chi connectivity index (χ0v) is 13.7. The van der Waals surface area contributed by atoms with Crippen LogP contribution in [0.3, 0.4) is 0 Å². The van der Waals surface area contributed by atoms with Crippen molar-refractivity contribution < 1.29 is 17.9 Å². The highest BCUT2D eigenvalue weighted by atomic mass is 32.2. The zero-order chi connectivity index (χ0) is 15.8. The van der Waals surface area contributed by atoms with Crippen molar-refractivity contribution in [3.8, 4) is 0 Å². The number of esters is 1. The molecule has 0 bridgehead atoms. The molecule has 1 fully saturated rings. The summed E-state index contributed by atoms with van der Waals surface area (Å²) in [5.41, 5.74) is 0.578. The predicted molar refractivity (Wildman–Crippen MR) is 79.2 cm³/mol. The minimum Gasteiger partial charge on any atom is -0.462 e. The van der Waals surface area contributed by atoms with Crippen molar-refractivity contribution in [3.05, 3.63) is 17.5 Å². The van der Waals surface area contributed by atoms with E-state index in [9.17, 15) is 13.2 Å². The Morgan fingerprint density at radius 3 is 2.67 bits per heavy atom. The minimum atomic E-state index is -3.04. The summed E-state index contributed by atoms with van der Waals surface area (Å²) >= 11 is 0. The summed E-state index contributed by atoms with van der Waals surface area (Å²) < 4.78 is 30.4. The van der Waals surface area contributed by atoms with Gasteiger partial charge >= 0.3 is 5.97 Å². The molecule has 1 saturated heterocycles. The Hall–Kier alpha value is -1.37. The van der Waals surface area contributed by atoms with E-state index in [1.807, 2.05) is 20.8 Å². The monoisotopic (exact) mass is 314 g/mol. The second-order valence-corrected chi connectivity index (χ2v) is 8.25. The van der Waals surface area contributed by atoms with Crippen LogP contribution in [0.25, 0.3) is 0 Å². The number of hydrogen-bond donors (Lipinski definition) is 0. The van der Waals surface area contributed by atoms with Gasteiger partial charge in [-0.2, -0.15) is 5.10 Å². The molecule has 1 atom stereocenters. The Morgan fingerprint density at radius 2 is 2.19 bits per heavy atom. The summed E-state index contributed by atoms with van der Waals surface area (Å²) in [7, 11) is -3.04. The summed E-state index contributed by atoms with van der Waals surface area (Å²) in [6.07, 6.45) is 2.00. The van der Waals surface area contributed by atoms with Gasteiger partial charge in [-0.25, -0.2) is 13.2 Å². The highest BCUT2D eigenvalue weighted by Crippen LogP contribution is 2.34. The number of carbonyl (C=O) groups is 1. The van der Waals surface area contributed by atoms with Crippen molar-refractivity contribution in [1.29, 1.82) is 0 Å². The molecular formula is C14H22N2O4S. The fraction of sp³-hybridized carbons (Fsp3) is 0.714. The topological polar surface area (TPSA) is 78.3 Å². The van der Waals surface area contributed by atoms with Crippen molar-refractivity contribution in [3.63, 3.8) is 0 Å². The molecule has 0 amide bonds. The number of hydrogen-bond acceptors (Lipinski definition) is 5. The molecule has 7 heteroatoms. The van der Waals surface area contributed by atoms with Crippen LogP contribution in [0.15, 0.2) is 6.20 Å². The van der Waals surface area contributed by atoms with Crippen LogP contribution in [-0.2, 0) is 20.1 Å². The lowest BCUT2D eigenvalue weighted by molar-refractivity contribution is 0.0524. The molecule has 1 aromatic heterocycles. The SMILES string of the molecule is CCOC(=O)c1cnn(C2(C)CCS(=O)(=O)C2)c1C(C)C. The molecule has 1 aliphatic heterocycles. The molecule has 0 aliphatic carbocycles. The molecule has 1 aliphatic rings. The van der Waals surface area contributed by atoms with Gasteiger partial charge in [-0.1, -0.05) is 13.8 Å². The number of aromatic nitrogens is 2. The molecule has 2 rings (SSSR count). The first-order valence-corrected chi connectivity index (χ1v) is 8.98. The fourth-order valence-electron chi connectivity index (χ4n) is 2.87. The van der Waals surface area contributed by atoms with Gasteiger partial charge in [0.15, 0.2) is 9.84 Å². The third-order valence-electron chi connectivity index (χ3n) is 3.84. The third-order valence-corrected chi connectivity index (χ3v) is 5.73. The van der Waals surface area contributed by atoms with Crippen molar-refractivity contribution in [2.75, 3.05) is 18.1 Å². The summed E-state index contributed by atoms with van der Waals surface area (Å²) in [6, 6.07) is 0. The van der Waals surface area contributed by atoms with Crippen molar-refractivity contribution in [2.45, 2.75) is 45.6 Å². The highest BCUT2D eigenvalue weighted by Gasteiger charge is 2.42. The summed E-state index contributed by atoms with van der Waals surface area (Å²) in [5, 5.41) is 4.31. The summed E-state index contributed by atoms with van der Waals surface area (Å²) in [5.74, 6) is -0.136. The smallest absolute Gasteiger partial charge is 0.341 e. The maximum atomic E-state index is 12.0. The van der Waals surface area contributed by atoms with E-state index in [2.05, 4.69) is 5.10 Å². The second kappa shape index (κ2) is 5.44. The van der Waals surface area contributed by atoms with E-state index in [0.717, 1.165) is 5.69 Å². The lowest BCUT2D eigenvalue weighted by Gasteiger charge is -2.27. The zero-order valence-electron chi connectivity index (χ0n) is 12.9. The standard InChI is InChI=1S/C14H22N2O4S/c1-5-20-13(17)11-8-15-16(12(11)10(2)3)14(4)6-7-21(18,19)9-14/h8,10H,5-7,9H2,1-4H3. The maximum absolute atomic E-state index is 12.0. The van der Waals surface area contributed by atoms with Crippen LogP contribution in [0.1, 0.15) is 56.1 Å². The molecule has 21 heavy (non-hydrogen) atoms. The molecule has 0 spiro atoms. The average molecular weight is 314 g/mol. The molecule has 0 aromatic carbocycles. The van der Waals surface area contributed by atoms with Crippen LogP contribution >= 0.6 is 0 Å². The normalized spacial score (nSPS) is 24.4. The first-order chi connectivity index (χ1) is 9.70. The van der Waals surface area contributed by atoms with E-state index in [0.29, 0.717) is 18.6 Å². The van der Waals surface area contributed by atoms with E-state index in [4.69, 9.17) is 4.74 Å². The predicted octanol–water partition coefficient (Wildman–Crippen LogP) is 1.72. The third kappa shape index (κ3) is 2.97. The Kier molecular flexibility index (Phi) is 4.15. The van der Waals surface area contributed by atoms with Crippen LogP contribution in [0.2, 0.25) is 0 Å². The number of sulfone groups is 1. The van der Waals surface area contributed by atoms with E-state index < -0.39 is 21.3 Å². The van der Waals surface area contributed by atoms with Gasteiger partial charge in [0, 0.05) is 0 Å². The number of nitrogens with zero attached hydrogens (tertiary/aromatic N) is 2. The van der Waals surface area contributed by atoms with Gasteiger partial charge in [0.25, 0.3) is 0 Å². The molecule has 118 valence electrons. The first-order valence-electron chi connectivity index (χ1n) is 7.16. The Balaban J connectivity index is 2.48. The maximum Gasteiger partial charge on any atom is 0.341 e. The summed E-state index contributed by atoms with van der Waals surface area (Å²) in [6.45, 7) is 7.85. The lowest BCUT2D eigenvalue weighted by atomic mass is 9.98. The molecule has 0 N–H and O–H groups in total. The van der Waals surface area contributed by atoms with Crippen molar-refractivity contribution in [1.82, 2.24) is 9.78 Å². The van der Waals surface area contributed by atoms with Crippen LogP contribution in [-0.4, -0.2) is 42.3 Å². The molecule has 2 heterocycles. The van der Waals surface area contributed by atoms with Gasteiger partial charge in [-0.3, -0.25) is 4.68 Å². The van der Waals surface area contributed by atoms with Gasteiger partial charge in [0.2, 0.25) is 0 Å². The van der Waals surface area contributed by atoms with E-state index in [1.54, 1.807) is 11.6 Å². The molecule has 1 aromatic rings. The van der Waals surface area contributed by atoms with E-state index in [-0.39, 0.29) is 17.4 Å². The molecule has 6 nitrogen and oxygen atoms in total. The Morgan fingerprint density at radius 1 is 1.52 bits per heavy atom. The van der Waals surface area contributed by atoms with Gasteiger partial charge in [0.1, 0.15) is 5.56 Å². The fourth-order valence-corrected chi connectivity index (χ4v) is 4.98. The molecule has 1 unspecified atom stereocenters. The van der Waals surface area contributed by atoms with Crippen molar-refractivity contribution >= 4 is 15.8 Å². The van der Waals surface area contributed by atoms with Crippen LogP contribution in [0.5, 0.6) is 0 Å². The van der Waals surface area contributed by atoms with Crippen LogP contribution in [0, 0.1) is 0 Å². The number of carbonyl (C=O) groups excluding carboxylic acids is 1. The van der Waals surface area contributed by atoms with Crippen LogP contribution < -0.4 is 0 Å². The van der Waals surface area contributed by atoms with Gasteiger partial charge < -0.3 is 4.74 Å². The molecular weight excluding hydrogens is 292 g/mol. The van der Waals surface area contributed by atoms with Gasteiger partial charge in [0.05, 0.1) is 35.5 Å². The average Bonchev–Trinajstić information content (AvgIpc) is 2.92. The number of ether oxygens (including phenoxy) is 1. The van der Waals surface area contributed by atoms with Crippen LogP contribution in [0.4, 0.5) is 0 Å². The Bertz CT molecular complexity index is 648. The first kappa shape index (κ1) is 16.0. The largest absolute Gasteiger partial charge is 0.462 e.